The van der Waals surface area contributed by atoms with Gasteiger partial charge in [-0.2, -0.15) is 0 Å². The summed E-state index contributed by atoms with van der Waals surface area (Å²) in [5.41, 5.74) is 0.404. The molecule has 2 bridgehead atoms. The van der Waals surface area contributed by atoms with Gasteiger partial charge < -0.3 is 29.0 Å². The third kappa shape index (κ3) is 3.19. The van der Waals surface area contributed by atoms with Gasteiger partial charge in [-0.25, -0.2) is 4.79 Å². The number of aromatic nitrogens is 1. The molecule has 1 aromatic heterocycles. The number of hydrogen-bond donors (Lipinski definition) is 2. The minimum atomic E-state index is -1.63. The number of benzene rings is 1. The van der Waals surface area contributed by atoms with E-state index in [1.807, 2.05) is 19.9 Å². The summed E-state index contributed by atoms with van der Waals surface area (Å²) in [6, 6.07) is 8.33. The molecule has 0 amide bonds. The molecule has 41 heavy (non-hydrogen) atoms. The van der Waals surface area contributed by atoms with Gasteiger partial charge in [0.1, 0.15) is 11.2 Å². The highest BCUT2D eigenvalue weighted by Crippen LogP contribution is 2.72. The number of aromatic amines is 1. The van der Waals surface area contributed by atoms with Gasteiger partial charge in [0.15, 0.2) is 17.7 Å². The summed E-state index contributed by atoms with van der Waals surface area (Å²) in [5.74, 6) is -1.80. The first kappa shape index (κ1) is 27.1. The molecule has 3 aliphatic carbocycles. The smallest absolute Gasteiger partial charge is 0.335 e. The van der Waals surface area contributed by atoms with E-state index < -0.39 is 46.0 Å². The molecule has 8 heteroatoms. The zero-order valence-electron chi connectivity index (χ0n) is 24.5. The molecule has 2 aliphatic heterocycles. The predicted octanol–water partition coefficient (Wildman–Crippen LogP) is 4.44. The molecule has 1 aromatic carbocycles. The second-order valence-corrected chi connectivity index (χ2v) is 13.5. The lowest BCUT2D eigenvalue weighted by atomic mass is 9.41. The van der Waals surface area contributed by atoms with Gasteiger partial charge in [0.25, 0.3) is 0 Å². The normalized spacial score (nSPS) is 39.9. The molecule has 1 spiro atoms. The predicted molar refractivity (Wildman–Crippen MR) is 151 cm³/mol. The van der Waals surface area contributed by atoms with Crippen molar-refractivity contribution >= 4 is 22.7 Å². The van der Waals surface area contributed by atoms with Crippen molar-refractivity contribution < 1.29 is 33.6 Å². The van der Waals surface area contributed by atoms with Crippen molar-refractivity contribution in [2.45, 2.75) is 94.9 Å². The molecule has 7 atom stereocenters. The number of ketones is 1. The van der Waals surface area contributed by atoms with Gasteiger partial charge in [0, 0.05) is 39.4 Å². The molecular weight excluding hydrogens is 522 g/mol. The van der Waals surface area contributed by atoms with Crippen molar-refractivity contribution in [3.8, 4) is 0 Å². The fourth-order valence-corrected chi connectivity index (χ4v) is 9.08. The zero-order valence-corrected chi connectivity index (χ0v) is 24.5. The Morgan fingerprint density at radius 2 is 1.95 bits per heavy atom. The monoisotopic (exact) mass is 561 g/mol. The van der Waals surface area contributed by atoms with Crippen LogP contribution >= 0.6 is 0 Å². The Balaban J connectivity index is 1.38. The highest BCUT2D eigenvalue weighted by Gasteiger charge is 2.78. The molecule has 2 N–H and O–H groups in total. The molecule has 2 saturated carbocycles. The van der Waals surface area contributed by atoms with Crippen LogP contribution in [0, 0.1) is 11.3 Å². The molecular formula is C33H39NO7. The quantitative estimate of drug-likeness (QED) is 0.411. The Bertz CT molecular complexity index is 1540. The van der Waals surface area contributed by atoms with Gasteiger partial charge in [-0.15, -0.1) is 0 Å². The van der Waals surface area contributed by atoms with Crippen LogP contribution in [0.3, 0.4) is 0 Å². The molecule has 8 nitrogen and oxygen atoms in total. The lowest BCUT2D eigenvalue weighted by molar-refractivity contribution is -0.279. The van der Waals surface area contributed by atoms with Crippen molar-refractivity contribution in [2.75, 3.05) is 13.2 Å². The second-order valence-electron chi connectivity index (χ2n) is 13.5. The highest BCUT2D eigenvalue weighted by molar-refractivity contribution is 5.97. The molecule has 5 aliphatic rings. The maximum atomic E-state index is 13.5. The third-order valence-corrected chi connectivity index (χ3v) is 11.3. The van der Waals surface area contributed by atoms with Crippen LogP contribution in [0.15, 0.2) is 48.1 Å². The number of fused-ring (bicyclic) bond motifs is 9. The van der Waals surface area contributed by atoms with Gasteiger partial charge in [-0.1, -0.05) is 38.6 Å². The summed E-state index contributed by atoms with van der Waals surface area (Å²) in [4.78, 5) is 29.6. The molecule has 218 valence electrons. The molecule has 2 aromatic rings. The lowest BCUT2D eigenvalue weighted by Crippen LogP contribution is -2.74. The first-order valence-electron chi connectivity index (χ1n) is 14.8. The van der Waals surface area contributed by atoms with E-state index in [0.717, 1.165) is 17.6 Å². The highest BCUT2D eigenvalue weighted by atomic mass is 16.8. The molecule has 1 unspecified atom stereocenters. The summed E-state index contributed by atoms with van der Waals surface area (Å²) in [6.45, 7) is 13.9. The number of carbonyl (C=O) groups is 2. The number of aliphatic hydroxyl groups is 1. The second kappa shape index (κ2) is 8.40. The fourth-order valence-electron chi connectivity index (χ4n) is 9.08. The van der Waals surface area contributed by atoms with E-state index in [0.29, 0.717) is 24.8 Å². The summed E-state index contributed by atoms with van der Waals surface area (Å²) < 4.78 is 24.6. The van der Waals surface area contributed by atoms with Crippen LogP contribution in [0.25, 0.3) is 10.9 Å². The van der Waals surface area contributed by atoms with E-state index >= 15 is 0 Å². The largest absolute Gasteiger partial charge is 0.463 e. The average molecular weight is 562 g/mol. The van der Waals surface area contributed by atoms with E-state index in [1.165, 1.54) is 10.9 Å². The molecule has 3 heterocycles. The van der Waals surface area contributed by atoms with Gasteiger partial charge in [0.05, 0.1) is 24.9 Å². The number of para-hydroxylation sites is 1. The Morgan fingerprint density at radius 3 is 2.71 bits per heavy atom. The van der Waals surface area contributed by atoms with Gasteiger partial charge >= 0.3 is 5.97 Å². The molecule has 7 rings (SSSR count). The maximum absolute atomic E-state index is 13.5. The van der Waals surface area contributed by atoms with Crippen molar-refractivity contribution in [3.05, 3.63) is 59.3 Å². The van der Waals surface area contributed by atoms with E-state index in [-0.39, 0.29) is 30.5 Å². The van der Waals surface area contributed by atoms with Crippen molar-refractivity contribution in [2.24, 2.45) is 11.3 Å². The van der Waals surface area contributed by atoms with Gasteiger partial charge in [0.2, 0.25) is 0 Å². The number of ether oxygens (including phenoxy) is 4. The van der Waals surface area contributed by atoms with Crippen LogP contribution in [0.1, 0.15) is 65.1 Å². The number of H-pyrrole nitrogens is 1. The number of esters is 1. The van der Waals surface area contributed by atoms with Crippen LogP contribution in [-0.4, -0.2) is 64.3 Å². The Labute approximate surface area is 240 Å². The lowest BCUT2D eigenvalue weighted by Gasteiger charge is -2.67. The third-order valence-electron chi connectivity index (χ3n) is 11.3. The van der Waals surface area contributed by atoms with Gasteiger partial charge in [-0.05, 0) is 63.7 Å². The van der Waals surface area contributed by atoms with Crippen LogP contribution in [-0.2, 0) is 40.4 Å². The minimum absolute atomic E-state index is 0.0936. The molecule has 1 saturated heterocycles. The fraction of sp³-hybridized carbons (Fsp3) is 0.576. The average Bonchev–Trinajstić information content (AvgIpc) is 3.51. The van der Waals surface area contributed by atoms with Crippen molar-refractivity contribution in [3.63, 3.8) is 0 Å². The van der Waals surface area contributed by atoms with Crippen molar-refractivity contribution in [1.29, 1.82) is 0 Å². The van der Waals surface area contributed by atoms with E-state index in [2.05, 4.69) is 43.6 Å². The Kier molecular flexibility index (Phi) is 5.55. The van der Waals surface area contributed by atoms with Gasteiger partial charge in [-0.3, -0.25) is 4.79 Å². The Hall–Kier alpha value is -2.78. The summed E-state index contributed by atoms with van der Waals surface area (Å²) in [5, 5.41) is 14.5. The SMILES string of the molecule is C=C(CO[C@H]1C[C@H]2Cc3c([nH]c4ccccc34)[C@]2(C)[C@@]2(C)CCC34O[C@@H](C(=O)C=C3[C@]12O)C(C)(C)O4)C(=O)OCC. The van der Waals surface area contributed by atoms with E-state index in [4.69, 9.17) is 18.9 Å². The zero-order chi connectivity index (χ0) is 29.2. The maximum Gasteiger partial charge on any atom is 0.335 e. The summed E-state index contributed by atoms with van der Waals surface area (Å²) in [7, 11) is 0. The number of rotatable bonds is 5. The summed E-state index contributed by atoms with van der Waals surface area (Å²) >= 11 is 0. The molecule has 0 radical (unpaired) electrons. The first-order chi connectivity index (χ1) is 19.3. The number of hydrogen-bond acceptors (Lipinski definition) is 7. The standard InChI is InChI=1S/C33H39NO7/c1-7-38-28(36)18(2)17-39-25-15-19-14-21-20-10-8-9-11-22(20)34-26(21)31(19,6)30(5)12-13-32-24(33(25,30)37)16-23(35)27(40-32)29(3,4)41-32/h8-11,16,19,25,27,34,37H,2,7,12-15,17H2,1,3-6H3/t19-,25+,27+,30-,31-,32?,33+/m1/s1. The van der Waals surface area contributed by atoms with Crippen LogP contribution in [0.4, 0.5) is 0 Å². The van der Waals surface area contributed by atoms with E-state index in [1.54, 1.807) is 13.0 Å². The van der Waals surface area contributed by atoms with E-state index in [9.17, 15) is 14.7 Å². The minimum Gasteiger partial charge on any atom is -0.463 e. The van der Waals surface area contributed by atoms with Crippen LogP contribution in [0.2, 0.25) is 0 Å². The number of nitrogens with one attached hydrogen (secondary N) is 1. The Morgan fingerprint density at radius 1 is 1.20 bits per heavy atom. The molecule has 3 fully saturated rings. The summed E-state index contributed by atoms with van der Waals surface area (Å²) in [6.07, 6.45) is 2.54. The van der Waals surface area contributed by atoms with Crippen LogP contribution < -0.4 is 0 Å². The van der Waals surface area contributed by atoms with Crippen LogP contribution in [0.5, 0.6) is 0 Å². The van der Waals surface area contributed by atoms with Crippen molar-refractivity contribution in [1.82, 2.24) is 4.98 Å². The first-order valence-corrected chi connectivity index (χ1v) is 14.8. The topological polar surface area (TPSA) is 107 Å². The number of carbonyl (C=O) groups excluding carboxylic acids is 2.